The van der Waals surface area contributed by atoms with E-state index in [1.54, 1.807) is 18.2 Å². The Morgan fingerprint density at radius 3 is 2.70 bits per heavy atom. The normalized spacial score (nSPS) is 16.1. The van der Waals surface area contributed by atoms with Crippen LogP contribution in [0.5, 0.6) is 17.5 Å². The van der Waals surface area contributed by atoms with Gasteiger partial charge in [0.05, 0.1) is 33.2 Å². The average Bonchev–Trinajstić information content (AvgIpc) is 3.17. The minimum absolute atomic E-state index is 0.0775. The lowest BCUT2D eigenvalue weighted by atomic mass is 10.1. The zero-order chi connectivity index (χ0) is 19.1. The van der Waals surface area contributed by atoms with E-state index in [1.807, 2.05) is 24.3 Å². The highest BCUT2D eigenvalue weighted by molar-refractivity contribution is 5.74. The molecule has 1 fully saturated rings. The summed E-state index contributed by atoms with van der Waals surface area (Å²) in [6, 6.07) is 7.76. The van der Waals surface area contributed by atoms with Crippen LogP contribution in [0.25, 0.3) is 0 Å². The summed E-state index contributed by atoms with van der Waals surface area (Å²) in [5, 5.41) is 2.96. The fourth-order valence-corrected chi connectivity index (χ4v) is 2.88. The Balaban J connectivity index is 1.41. The van der Waals surface area contributed by atoms with E-state index in [-0.39, 0.29) is 12.1 Å². The molecule has 2 amide bonds. The van der Waals surface area contributed by atoms with Crippen LogP contribution in [0.1, 0.15) is 12.0 Å². The molecule has 0 radical (unpaired) electrons. The number of aromatic nitrogens is 2. The summed E-state index contributed by atoms with van der Waals surface area (Å²) < 4.78 is 16.0. The number of urea groups is 1. The third-order valence-electron chi connectivity index (χ3n) is 4.37. The van der Waals surface area contributed by atoms with E-state index in [4.69, 9.17) is 14.2 Å². The number of carbonyl (C=O) groups is 1. The molecule has 1 aliphatic heterocycles. The minimum atomic E-state index is -0.0984. The lowest BCUT2D eigenvalue weighted by molar-refractivity contribution is 0.181. The van der Waals surface area contributed by atoms with E-state index >= 15 is 0 Å². The largest absolute Gasteiger partial charge is 0.497 e. The molecule has 8 nitrogen and oxygen atoms in total. The van der Waals surface area contributed by atoms with E-state index in [0.29, 0.717) is 31.4 Å². The maximum Gasteiger partial charge on any atom is 0.317 e. The maximum absolute atomic E-state index is 12.3. The van der Waals surface area contributed by atoms with Crippen LogP contribution in [0.4, 0.5) is 4.79 Å². The van der Waals surface area contributed by atoms with Gasteiger partial charge in [0.15, 0.2) is 0 Å². The van der Waals surface area contributed by atoms with E-state index in [1.165, 1.54) is 13.3 Å². The summed E-state index contributed by atoms with van der Waals surface area (Å²) in [4.78, 5) is 22.3. The molecule has 27 heavy (non-hydrogen) atoms. The van der Waals surface area contributed by atoms with Gasteiger partial charge in [0, 0.05) is 19.5 Å². The van der Waals surface area contributed by atoms with Crippen LogP contribution >= 0.6 is 0 Å². The SMILES string of the molecule is COc1ccc(CCNC(=O)N2CC[C@H](Oc3cncc(OC)n3)C2)cc1. The Morgan fingerprint density at radius 2 is 1.96 bits per heavy atom. The molecule has 0 spiro atoms. The second kappa shape index (κ2) is 9.07. The topological polar surface area (TPSA) is 85.8 Å². The fraction of sp³-hybridized carbons (Fsp3) is 0.421. The lowest BCUT2D eigenvalue weighted by Gasteiger charge is -2.17. The van der Waals surface area contributed by atoms with Crippen molar-refractivity contribution in [1.82, 2.24) is 20.2 Å². The molecule has 3 rings (SSSR count). The molecule has 1 N–H and O–H groups in total. The number of nitrogens with one attached hydrogen (secondary N) is 1. The Kier molecular flexibility index (Phi) is 6.30. The molecule has 2 heterocycles. The number of benzene rings is 1. The van der Waals surface area contributed by atoms with Crippen molar-refractivity contribution in [3.05, 3.63) is 42.2 Å². The second-order valence-corrected chi connectivity index (χ2v) is 6.20. The summed E-state index contributed by atoms with van der Waals surface area (Å²) >= 11 is 0. The summed E-state index contributed by atoms with van der Waals surface area (Å²) in [6.45, 7) is 1.75. The van der Waals surface area contributed by atoms with Crippen LogP contribution in [0, 0.1) is 0 Å². The van der Waals surface area contributed by atoms with Gasteiger partial charge >= 0.3 is 6.03 Å². The van der Waals surface area contributed by atoms with Crippen LogP contribution in [0.2, 0.25) is 0 Å². The standard InChI is InChI=1S/C19H24N4O4/c1-25-15-5-3-14(4-6-15)7-9-21-19(24)23-10-8-16(13-23)27-18-12-20-11-17(22-18)26-2/h3-6,11-12,16H,7-10,13H2,1-2H3,(H,21,24)/t16-/m0/s1. The molecule has 0 bridgehead atoms. The van der Waals surface area contributed by atoms with Gasteiger partial charge in [-0.3, -0.25) is 4.98 Å². The van der Waals surface area contributed by atoms with Crippen molar-refractivity contribution in [3.8, 4) is 17.5 Å². The van der Waals surface area contributed by atoms with Crippen LogP contribution in [-0.4, -0.2) is 60.9 Å². The minimum Gasteiger partial charge on any atom is -0.497 e. The zero-order valence-corrected chi connectivity index (χ0v) is 15.6. The molecule has 1 atom stereocenters. The number of carbonyl (C=O) groups excluding carboxylic acids is 1. The van der Waals surface area contributed by atoms with Gasteiger partial charge in [0.1, 0.15) is 11.9 Å². The van der Waals surface area contributed by atoms with Gasteiger partial charge < -0.3 is 24.4 Å². The molecule has 1 saturated heterocycles. The first-order valence-corrected chi connectivity index (χ1v) is 8.86. The van der Waals surface area contributed by atoms with Crippen molar-refractivity contribution in [2.75, 3.05) is 33.9 Å². The summed E-state index contributed by atoms with van der Waals surface area (Å²) in [5.74, 6) is 1.63. The van der Waals surface area contributed by atoms with Gasteiger partial charge in [0.2, 0.25) is 11.8 Å². The first-order chi connectivity index (χ1) is 13.2. The molecule has 8 heteroatoms. The highest BCUT2D eigenvalue weighted by Crippen LogP contribution is 2.18. The molecule has 0 unspecified atom stereocenters. The van der Waals surface area contributed by atoms with Crippen molar-refractivity contribution >= 4 is 6.03 Å². The van der Waals surface area contributed by atoms with Crippen LogP contribution in [-0.2, 0) is 6.42 Å². The molecular weight excluding hydrogens is 348 g/mol. The van der Waals surface area contributed by atoms with Gasteiger partial charge in [-0.2, -0.15) is 4.98 Å². The number of hydrogen-bond acceptors (Lipinski definition) is 6. The van der Waals surface area contributed by atoms with Crippen LogP contribution < -0.4 is 19.5 Å². The number of amides is 2. The molecule has 144 valence electrons. The first kappa shape index (κ1) is 18.8. The highest BCUT2D eigenvalue weighted by Gasteiger charge is 2.27. The van der Waals surface area contributed by atoms with Crippen LogP contribution in [0.15, 0.2) is 36.7 Å². The number of likely N-dealkylation sites (tertiary alicyclic amines) is 1. The molecule has 0 saturated carbocycles. The third kappa shape index (κ3) is 5.22. The molecular formula is C19H24N4O4. The molecule has 1 aromatic carbocycles. The number of methoxy groups -OCH3 is 2. The van der Waals surface area contributed by atoms with E-state index < -0.39 is 0 Å². The molecule has 1 aliphatic rings. The third-order valence-corrected chi connectivity index (χ3v) is 4.37. The van der Waals surface area contributed by atoms with E-state index in [2.05, 4.69) is 15.3 Å². The van der Waals surface area contributed by atoms with Crippen molar-refractivity contribution < 1.29 is 19.0 Å². The fourth-order valence-electron chi connectivity index (χ4n) is 2.88. The smallest absolute Gasteiger partial charge is 0.317 e. The van der Waals surface area contributed by atoms with Gasteiger partial charge in [-0.05, 0) is 24.1 Å². The zero-order valence-electron chi connectivity index (χ0n) is 15.6. The molecule has 0 aliphatic carbocycles. The molecule has 1 aromatic heterocycles. The maximum atomic E-state index is 12.3. The predicted octanol–water partition coefficient (Wildman–Crippen LogP) is 1.90. The average molecular weight is 372 g/mol. The summed E-state index contributed by atoms with van der Waals surface area (Å²) in [6.07, 6.45) is 4.48. The Bertz CT molecular complexity index is 754. The Morgan fingerprint density at radius 1 is 1.19 bits per heavy atom. The van der Waals surface area contributed by atoms with Gasteiger partial charge in [-0.1, -0.05) is 12.1 Å². The number of hydrogen-bond donors (Lipinski definition) is 1. The van der Waals surface area contributed by atoms with Crippen molar-refractivity contribution in [1.29, 1.82) is 0 Å². The van der Waals surface area contributed by atoms with Gasteiger partial charge in [-0.25, -0.2) is 4.79 Å². The van der Waals surface area contributed by atoms with Crippen molar-refractivity contribution in [2.45, 2.75) is 18.9 Å². The second-order valence-electron chi connectivity index (χ2n) is 6.20. The van der Waals surface area contributed by atoms with E-state index in [0.717, 1.165) is 24.2 Å². The monoisotopic (exact) mass is 372 g/mol. The van der Waals surface area contributed by atoms with Gasteiger partial charge in [0.25, 0.3) is 0 Å². The van der Waals surface area contributed by atoms with Crippen molar-refractivity contribution in [2.24, 2.45) is 0 Å². The summed E-state index contributed by atoms with van der Waals surface area (Å²) in [5.41, 5.74) is 1.15. The van der Waals surface area contributed by atoms with E-state index in [9.17, 15) is 4.79 Å². The summed E-state index contributed by atoms with van der Waals surface area (Å²) in [7, 11) is 3.17. The number of rotatable bonds is 7. The lowest BCUT2D eigenvalue weighted by Crippen LogP contribution is -2.40. The quantitative estimate of drug-likeness (QED) is 0.799. The molecule has 2 aromatic rings. The Labute approximate surface area is 158 Å². The van der Waals surface area contributed by atoms with Crippen molar-refractivity contribution in [3.63, 3.8) is 0 Å². The Hall–Kier alpha value is -3.03. The highest BCUT2D eigenvalue weighted by atomic mass is 16.5. The van der Waals surface area contributed by atoms with Gasteiger partial charge in [-0.15, -0.1) is 0 Å². The number of nitrogens with zero attached hydrogens (tertiary/aromatic N) is 3. The number of ether oxygens (including phenoxy) is 3. The van der Waals surface area contributed by atoms with Crippen LogP contribution in [0.3, 0.4) is 0 Å². The predicted molar refractivity (Wildman–Crippen MR) is 99.3 cm³/mol. The first-order valence-electron chi connectivity index (χ1n) is 8.86.